The van der Waals surface area contributed by atoms with Crippen molar-refractivity contribution < 1.29 is 24.8 Å². The van der Waals surface area contributed by atoms with E-state index in [0.29, 0.717) is 37.7 Å². The minimum absolute atomic E-state index is 0.00638. The third-order valence-corrected chi connectivity index (χ3v) is 6.92. The molecule has 8 heteroatoms. The summed E-state index contributed by atoms with van der Waals surface area (Å²) in [6.45, 7) is 1.93. The molecule has 186 valence electrons. The van der Waals surface area contributed by atoms with Crippen LogP contribution in [0.2, 0.25) is 0 Å². The summed E-state index contributed by atoms with van der Waals surface area (Å²) in [6, 6.07) is 22.1. The van der Waals surface area contributed by atoms with E-state index >= 15 is 0 Å². The van der Waals surface area contributed by atoms with Gasteiger partial charge in [-0.1, -0.05) is 42.1 Å². The normalized spacial score (nSPS) is 13.3. The molecule has 1 heterocycles. The summed E-state index contributed by atoms with van der Waals surface area (Å²) in [6.07, 6.45) is -0.639. The summed E-state index contributed by atoms with van der Waals surface area (Å²) in [4.78, 5) is 6.55. The van der Waals surface area contributed by atoms with E-state index in [2.05, 4.69) is 29.2 Å². The van der Waals surface area contributed by atoms with Crippen LogP contribution in [0.25, 0.3) is 0 Å². The average molecular weight is 497 g/mol. The van der Waals surface area contributed by atoms with Gasteiger partial charge in [-0.25, -0.2) is 0 Å². The topological polar surface area (TPSA) is 85.6 Å². The summed E-state index contributed by atoms with van der Waals surface area (Å²) < 4.78 is 11.0. The summed E-state index contributed by atoms with van der Waals surface area (Å²) in [5.74, 6) is 1.15. The van der Waals surface area contributed by atoms with Crippen molar-refractivity contribution in [2.24, 2.45) is 0 Å². The Morgan fingerprint density at radius 2 is 1.60 bits per heavy atom. The van der Waals surface area contributed by atoms with Crippen LogP contribution in [-0.2, 0) is 6.54 Å². The number of methoxy groups -OCH3 is 1. The standard InChI is InChI=1S/C27H32N2O5S/c1-33-25-16-20(10-11-24(25)34-15-14-31)17-28(12-13-30)18-21(32)19-29-22-6-2-4-8-26(22)35-27-9-5-3-7-23(27)29/h2-11,16,21,30-32H,12-15,17-19H2,1H3/t21-/m1/s1. The molecule has 7 nitrogen and oxygen atoms in total. The number of nitrogens with zero attached hydrogens (tertiary/aromatic N) is 2. The Bertz CT molecular complexity index is 1070. The second-order valence-electron chi connectivity index (χ2n) is 8.32. The molecule has 3 aromatic carbocycles. The maximum atomic E-state index is 11.1. The highest BCUT2D eigenvalue weighted by molar-refractivity contribution is 7.99. The number of aliphatic hydroxyl groups excluding tert-OH is 3. The second-order valence-corrected chi connectivity index (χ2v) is 9.40. The molecular formula is C27H32N2O5S. The maximum Gasteiger partial charge on any atom is 0.161 e. The monoisotopic (exact) mass is 496 g/mol. The molecule has 4 rings (SSSR count). The van der Waals surface area contributed by atoms with Crippen LogP contribution in [-0.4, -0.2) is 72.9 Å². The highest BCUT2D eigenvalue weighted by atomic mass is 32.2. The van der Waals surface area contributed by atoms with Gasteiger partial charge in [0.05, 0.1) is 44.3 Å². The third kappa shape index (κ3) is 6.28. The number of hydrogen-bond acceptors (Lipinski definition) is 8. The first-order valence-electron chi connectivity index (χ1n) is 11.7. The lowest BCUT2D eigenvalue weighted by Gasteiger charge is -2.35. The van der Waals surface area contributed by atoms with Crippen LogP contribution in [0.5, 0.6) is 11.5 Å². The van der Waals surface area contributed by atoms with E-state index in [-0.39, 0.29) is 19.8 Å². The molecular weight excluding hydrogens is 464 g/mol. The van der Waals surface area contributed by atoms with Crippen LogP contribution >= 0.6 is 11.8 Å². The number of anilines is 2. The van der Waals surface area contributed by atoms with E-state index in [9.17, 15) is 10.2 Å². The van der Waals surface area contributed by atoms with Gasteiger partial charge in [0.25, 0.3) is 0 Å². The highest BCUT2D eigenvalue weighted by Gasteiger charge is 2.25. The van der Waals surface area contributed by atoms with Crippen LogP contribution in [0.1, 0.15) is 5.56 Å². The van der Waals surface area contributed by atoms with Crippen molar-refractivity contribution in [3.8, 4) is 11.5 Å². The van der Waals surface area contributed by atoms with Gasteiger partial charge >= 0.3 is 0 Å². The number of fused-ring (bicyclic) bond motifs is 2. The highest BCUT2D eigenvalue weighted by Crippen LogP contribution is 2.47. The Morgan fingerprint density at radius 1 is 0.914 bits per heavy atom. The minimum atomic E-state index is -0.639. The largest absolute Gasteiger partial charge is 0.493 e. The Labute approximate surface area is 210 Å². The van der Waals surface area contributed by atoms with Gasteiger partial charge < -0.3 is 29.7 Å². The van der Waals surface area contributed by atoms with E-state index in [1.165, 1.54) is 9.79 Å². The fourth-order valence-corrected chi connectivity index (χ4v) is 5.36. The molecule has 0 saturated heterocycles. The number of para-hydroxylation sites is 2. The van der Waals surface area contributed by atoms with Crippen molar-refractivity contribution in [2.75, 3.05) is 51.5 Å². The zero-order valence-corrected chi connectivity index (χ0v) is 20.7. The average Bonchev–Trinajstić information content (AvgIpc) is 2.87. The predicted octanol–water partition coefficient (Wildman–Crippen LogP) is 3.52. The predicted molar refractivity (Wildman–Crippen MR) is 138 cm³/mol. The molecule has 0 saturated carbocycles. The van der Waals surface area contributed by atoms with Gasteiger partial charge in [-0.3, -0.25) is 4.90 Å². The molecule has 1 aliphatic rings. The first-order valence-corrected chi connectivity index (χ1v) is 12.5. The molecule has 0 bridgehead atoms. The summed E-state index contributed by atoms with van der Waals surface area (Å²) >= 11 is 1.74. The third-order valence-electron chi connectivity index (χ3n) is 5.79. The molecule has 1 atom stereocenters. The van der Waals surface area contributed by atoms with Crippen molar-refractivity contribution in [1.29, 1.82) is 0 Å². The van der Waals surface area contributed by atoms with Crippen LogP contribution in [0, 0.1) is 0 Å². The zero-order valence-electron chi connectivity index (χ0n) is 19.8. The van der Waals surface area contributed by atoms with Crippen LogP contribution in [0.4, 0.5) is 11.4 Å². The first kappa shape index (κ1) is 25.3. The molecule has 0 amide bonds. The molecule has 1 aliphatic heterocycles. The van der Waals surface area contributed by atoms with Gasteiger partial charge in [0.2, 0.25) is 0 Å². The molecule has 0 unspecified atom stereocenters. The Hall–Kier alpha value is -2.75. The number of benzene rings is 3. The first-order chi connectivity index (χ1) is 17.1. The lowest BCUT2D eigenvalue weighted by Crippen LogP contribution is -2.40. The van der Waals surface area contributed by atoms with E-state index < -0.39 is 6.10 Å². The number of hydrogen-bond donors (Lipinski definition) is 3. The van der Waals surface area contributed by atoms with Crippen molar-refractivity contribution in [3.63, 3.8) is 0 Å². The SMILES string of the molecule is COc1cc(CN(CCO)C[C@@H](O)CN2c3ccccc3Sc3ccccc32)ccc1OCCO. The lowest BCUT2D eigenvalue weighted by atomic mass is 10.1. The van der Waals surface area contributed by atoms with E-state index in [1.54, 1.807) is 18.9 Å². The fraction of sp³-hybridized carbons (Fsp3) is 0.333. The van der Waals surface area contributed by atoms with E-state index in [0.717, 1.165) is 16.9 Å². The maximum absolute atomic E-state index is 11.1. The summed E-state index contributed by atoms with van der Waals surface area (Å²) in [5, 5.41) is 29.8. The van der Waals surface area contributed by atoms with E-state index in [4.69, 9.17) is 14.6 Å². The zero-order chi connectivity index (χ0) is 24.6. The van der Waals surface area contributed by atoms with Gasteiger partial charge in [-0.05, 0) is 42.0 Å². The van der Waals surface area contributed by atoms with Gasteiger partial charge in [-0.15, -0.1) is 0 Å². The summed E-state index contributed by atoms with van der Waals surface area (Å²) in [7, 11) is 1.58. The summed E-state index contributed by atoms with van der Waals surface area (Å²) in [5.41, 5.74) is 3.16. The molecule has 0 aliphatic carbocycles. The molecule has 0 aromatic heterocycles. The quantitative estimate of drug-likeness (QED) is 0.351. The smallest absolute Gasteiger partial charge is 0.161 e. The second kappa shape index (κ2) is 12.3. The molecule has 3 N–H and O–H groups in total. The Morgan fingerprint density at radius 3 is 2.23 bits per heavy atom. The Balaban J connectivity index is 1.47. The lowest BCUT2D eigenvalue weighted by molar-refractivity contribution is 0.100. The van der Waals surface area contributed by atoms with Gasteiger partial charge in [-0.2, -0.15) is 0 Å². The van der Waals surface area contributed by atoms with Crippen molar-refractivity contribution in [1.82, 2.24) is 4.90 Å². The molecule has 0 radical (unpaired) electrons. The number of ether oxygens (including phenoxy) is 2. The van der Waals surface area contributed by atoms with Gasteiger partial charge in [0.1, 0.15) is 6.61 Å². The molecule has 35 heavy (non-hydrogen) atoms. The van der Waals surface area contributed by atoms with Gasteiger partial charge in [0, 0.05) is 29.4 Å². The Kier molecular flexibility index (Phi) is 8.90. The van der Waals surface area contributed by atoms with Crippen molar-refractivity contribution >= 4 is 23.1 Å². The van der Waals surface area contributed by atoms with Crippen molar-refractivity contribution in [3.05, 3.63) is 72.3 Å². The minimum Gasteiger partial charge on any atom is -0.493 e. The molecule has 0 spiro atoms. The van der Waals surface area contributed by atoms with E-state index in [1.807, 2.05) is 47.4 Å². The van der Waals surface area contributed by atoms with Crippen LogP contribution in [0.15, 0.2) is 76.5 Å². The molecule has 0 fully saturated rings. The van der Waals surface area contributed by atoms with Crippen molar-refractivity contribution in [2.45, 2.75) is 22.4 Å². The fourth-order valence-electron chi connectivity index (χ4n) is 4.26. The number of rotatable bonds is 12. The molecule has 3 aromatic rings. The van der Waals surface area contributed by atoms with Crippen LogP contribution < -0.4 is 14.4 Å². The number of aliphatic hydroxyl groups is 3. The van der Waals surface area contributed by atoms with Gasteiger partial charge in [0.15, 0.2) is 11.5 Å². The van der Waals surface area contributed by atoms with Crippen LogP contribution in [0.3, 0.4) is 0 Å². The number of β-amino-alcohol motifs (C(OH)–C–C–N with tert-alkyl or cyclic N) is 1.